The second kappa shape index (κ2) is 3.75. The highest BCUT2D eigenvalue weighted by molar-refractivity contribution is 8.59. The van der Waals surface area contributed by atoms with Crippen LogP contribution in [-0.4, -0.2) is 16.5 Å². The van der Waals surface area contributed by atoms with Crippen LogP contribution in [0.15, 0.2) is 0 Å². The van der Waals surface area contributed by atoms with Crippen LogP contribution < -0.4 is 0 Å². The summed E-state index contributed by atoms with van der Waals surface area (Å²) in [6, 6.07) is 0. The molecule has 0 fully saturated rings. The first-order chi connectivity index (χ1) is 4.06. The molecule has 56 valence electrons. The van der Waals surface area contributed by atoms with E-state index in [2.05, 4.69) is 0 Å². The molecule has 0 heterocycles. The van der Waals surface area contributed by atoms with Gasteiger partial charge in [-0.05, 0) is 10.7 Å². The molecule has 0 rings (SSSR count). The van der Waals surface area contributed by atoms with E-state index in [0.29, 0.717) is 12.3 Å². The Bertz CT molecular complexity index is 151. The number of hydrogen-bond donors (Lipinski definition) is 0. The van der Waals surface area contributed by atoms with Crippen LogP contribution >= 0.6 is 17.0 Å². The topological polar surface area (TPSA) is 34.1 Å². The standard InChI is InChI=1S/C4H10ClO2PS/c1-3-8(6,4-2)9(5)7/h3-4H2,1-2H3. The van der Waals surface area contributed by atoms with Crippen LogP contribution in [0.25, 0.3) is 0 Å². The Morgan fingerprint density at radius 3 is 1.78 bits per heavy atom. The third-order valence-corrected chi connectivity index (χ3v) is 9.06. The first-order valence-electron chi connectivity index (χ1n) is 2.73. The van der Waals surface area contributed by atoms with E-state index >= 15 is 0 Å². The van der Waals surface area contributed by atoms with Gasteiger partial charge in [0.15, 0.2) is 16.0 Å². The van der Waals surface area contributed by atoms with E-state index in [0.717, 1.165) is 0 Å². The van der Waals surface area contributed by atoms with Gasteiger partial charge < -0.3 is 4.57 Å². The summed E-state index contributed by atoms with van der Waals surface area (Å²) in [5, 5.41) is 0. The van der Waals surface area contributed by atoms with E-state index in [4.69, 9.17) is 10.7 Å². The van der Waals surface area contributed by atoms with Gasteiger partial charge in [-0.2, -0.15) is 0 Å². The summed E-state index contributed by atoms with van der Waals surface area (Å²) >= 11 is 0. The SMILES string of the molecule is CCP(=O)(CC)S(=O)Cl. The number of halogens is 1. The Balaban J connectivity index is 4.30. The van der Waals surface area contributed by atoms with Gasteiger partial charge in [0, 0.05) is 12.3 Å². The number of hydrogen-bond acceptors (Lipinski definition) is 2. The third-order valence-electron chi connectivity index (χ3n) is 1.23. The smallest absolute Gasteiger partial charge is 0.184 e. The third kappa shape index (κ3) is 2.40. The lowest BCUT2D eigenvalue weighted by Crippen LogP contribution is -1.90. The Morgan fingerprint density at radius 2 is 1.78 bits per heavy atom. The van der Waals surface area contributed by atoms with Crippen LogP contribution in [0.3, 0.4) is 0 Å². The first-order valence-corrected chi connectivity index (χ1v) is 7.39. The van der Waals surface area contributed by atoms with Gasteiger partial charge in [0.25, 0.3) is 0 Å². The van der Waals surface area contributed by atoms with Crippen molar-refractivity contribution in [1.29, 1.82) is 0 Å². The summed E-state index contributed by atoms with van der Waals surface area (Å²) < 4.78 is 21.8. The molecule has 1 unspecified atom stereocenters. The van der Waals surface area contributed by atoms with E-state index in [-0.39, 0.29) is 0 Å². The lowest BCUT2D eigenvalue weighted by molar-refractivity contribution is 0.584. The molecular formula is C4H10ClO2PS. The van der Waals surface area contributed by atoms with Crippen LogP contribution in [0, 0.1) is 0 Å². The summed E-state index contributed by atoms with van der Waals surface area (Å²) in [5.41, 5.74) is 0. The van der Waals surface area contributed by atoms with Crippen molar-refractivity contribution in [2.24, 2.45) is 0 Å². The van der Waals surface area contributed by atoms with E-state index in [1.165, 1.54) is 0 Å². The summed E-state index contributed by atoms with van der Waals surface area (Å²) in [5.74, 6) is 0. The van der Waals surface area contributed by atoms with E-state index in [1.807, 2.05) is 0 Å². The molecule has 0 aliphatic heterocycles. The molecule has 0 N–H and O–H groups in total. The molecule has 5 heteroatoms. The van der Waals surface area contributed by atoms with Crippen molar-refractivity contribution in [2.75, 3.05) is 12.3 Å². The predicted octanol–water partition coefficient (Wildman–Crippen LogP) is 2.21. The molecule has 2 nitrogen and oxygen atoms in total. The highest BCUT2D eigenvalue weighted by Crippen LogP contribution is 2.50. The lowest BCUT2D eigenvalue weighted by atomic mass is 11.0. The molecule has 0 amide bonds. The van der Waals surface area contributed by atoms with E-state index in [1.54, 1.807) is 13.8 Å². The van der Waals surface area contributed by atoms with Gasteiger partial charge in [-0.15, -0.1) is 0 Å². The van der Waals surface area contributed by atoms with Crippen molar-refractivity contribution in [1.82, 2.24) is 0 Å². The lowest BCUT2D eigenvalue weighted by Gasteiger charge is -2.06. The minimum atomic E-state index is -2.52. The van der Waals surface area contributed by atoms with E-state index in [9.17, 15) is 8.77 Å². The molecule has 0 radical (unpaired) electrons. The monoisotopic (exact) mass is 188 g/mol. The molecule has 9 heavy (non-hydrogen) atoms. The molecule has 1 atom stereocenters. The fourth-order valence-corrected chi connectivity index (χ4v) is 4.25. The van der Waals surface area contributed by atoms with Gasteiger partial charge in [0.1, 0.15) is 0 Å². The fourth-order valence-electron chi connectivity index (χ4n) is 0.427. The van der Waals surface area contributed by atoms with Crippen LogP contribution in [0.4, 0.5) is 0 Å². The molecule has 0 aromatic rings. The molecule has 0 bridgehead atoms. The molecule has 0 spiro atoms. The summed E-state index contributed by atoms with van der Waals surface area (Å²) in [7, 11) is 3.55. The van der Waals surface area contributed by atoms with Gasteiger partial charge in [0.05, 0.1) is 0 Å². The van der Waals surface area contributed by atoms with Crippen molar-refractivity contribution in [3.63, 3.8) is 0 Å². The normalized spacial score (nSPS) is 15.4. The predicted molar refractivity (Wildman–Crippen MR) is 42.7 cm³/mol. The quantitative estimate of drug-likeness (QED) is 0.503. The summed E-state index contributed by atoms with van der Waals surface area (Å²) in [4.78, 5) is 0. The van der Waals surface area contributed by atoms with Crippen molar-refractivity contribution >= 4 is 26.7 Å². The maximum Gasteiger partial charge on any atom is 0.184 e. The first kappa shape index (κ1) is 9.67. The second-order valence-electron chi connectivity index (χ2n) is 1.65. The Kier molecular flexibility index (Phi) is 4.02. The summed E-state index contributed by atoms with van der Waals surface area (Å²) in [6.07, 6.45) is -1.66. The van der Waals surface area contributed by atoms with Gasteiger partial charge in [0.2, 0.25) is 0 Å². The Labute approximate surface area is 62.1 Å². The zero-order valence-electron chi connectivity index (χ0n) is 5.46. The maximum atomic E-state index is 11.2. The zero-order valence-corrected chi connectivity index (χ0v) is 7.93. The highest BCUT2D eigenvalue weighted by Gasteiger charge is 2.23. The van der Waals surface area contributed by atoms with Gasteiger partial charge >= 0.3 is 0 Å². The van der Waals surface area contributed by atoms with Crippen molar-refractivity contribution < 1.29 is 8.77 Å². The fraction of sp³-hybridized carbons (Fsp3) is 1.00. The largest absolute Gasteiger partial charge is 0.308 e. The van der Waals surface area contributed by atoms with Crippen LogP contribution in [0.1, 0.15) is 13.8 Å². The van der Waals surface area contributed by atoms with Crippen molar-refractivity contribution in [2.45, 2.75) is 13.8 Å². The van der Waals surface area contributed by atoms with Gasteiger partial charge in [-0.25, -0.2) is 4.21 Å². The maximum absolute atomic E-state index is 11.2. The van der Waals surface area contributed by atoms with E-state index < -0.39 is 16.0 Å². The second-order valence-corrected chi connectivity index (χ2v) is 9.44. The van der Waals surface area contributed by atoms with Crippen LogP contribution in [0.2, 0.25) is 0 Å². The van der Waals surface area contributed by atoms with Gasteiger partial charge in [-0.1, -0.05) is 13.8 Å². The van der Waals surface area contributed by atoms with Gasteiger partial charge in [-0.3, -0.25) is 0 Å². The molecule has 0 saturated carbocycles. The average Bonchev–Trinajstić information content (AvgIpc) is 1.86. The molecule has 0 aliphatic carbocycles. The molecule has 0 aromatic carbocycles. The minimum Gasteiger partial charge on any atom is -0.308 e. The van der Waals surface area contributed by atoms with Crippen LogP contribution in [-0.2, 0) is 14.2 Å². The highest BCUT2D eigenvalue weighted by atomic mass is 35.7. The summed E-state index contributed by atoms with van der Waals surface area (Å²) in [6.45, 7) is 3.48. The Morgan fingerprint density at radius 1 is 1.44 bits per heavy atom. The van der Waals surface area contributed by atoms with Crippen molar-refractivity contribution in [3.8, 4) is 0 Å². The molecule has 0 saturated heterocycles. The molecular weight excluding hydrogens is 179 g/mol. The van der Waals surface area contributed by atoms with Crippen molar-refractivity contribution in [3.05, 3.63) is 0 Å². The molecule has 0 aliphatic rings. The average molecular weight is 189 g/mol. The molecule has 0 aromatic heterocycles. The minimum absolute atomic E-state index is 0.430. The zero-order chi connectivity index (χ0) is 7.49. The number of rotatable bonds is 3. The van der Waals surface area contributed by atoms with Crippen LogP contribution in [0.5, 0.6) is 0 Å². The Hall–Kier alpha value is 0.670.